The van der Waals surface area contributed by atoms with Crippen LogP contribution < -0.4 is 10.6 Å². The van der Waals surface area contributed by atoms with E-state index in [0.29, 0.717) is 13.0 Å². The fraction of sp³-hybridized carbons (Fsp3) is 0.733. The number of rotatable bonds is 6. The first-order valence-corrected chi connectivity index (χ1v) is 7.61. The van der Waals surface area contributed by atoms with Gasteiger partial charge in [0.1, 0.15) is 0 Å². The van der Waals surface area contributed by atoms with E-state index in [4.69, 9.17) is 0 Å². The molecule has 0 aromatic carbocycles. The molecule has 1 aromatic rings. The molecule has 2 heterocycles. The number of hydrogen-bond donors (Lipinski definition) is 3. The predicted octanol–water partition coefficient (Wildman–Crippen LogP) is 1.75. The zero-order valence-electron chi connectivity index (χ0n) is 12.7. The second-order valence-electron chi connectivity index (χ2n) is 6.20. The molecule has 2 atom stereocenters. The average Bonchev–Trinajstić information content (AvgIpc) is 2.85. The van der Waals surface area contributed by atoms with E-state index in [-0.39, 0.29) is 18.0 Å². The van der Waals surface area contributed by atoms with Gasteiger partial charge in [-0.05, 0) is 19.3 Å². The molecule has 1 aromatic heterocycles. The zero-order chi connectivity index (χ0) is 14.5. The van der Waals surface area contributed by atoms with Crippen LogP contribution in [0.25, 0.3) is 0 Å². The number of nitrogens with zero attached hydrogens (tertiary/aromatic N) is 1. The van der Waals surface area contributed by atoms with Crippen molar-refractivity contribution in [1.82, 2.24) is 20.6 Å². The Labute approximate surface area is 120 Å². The van der Waals surface area contributed by atoms with E-state index in [1.807, 2.05) is 0 Å². The van der Waals surface area contributed by atoms with Gasteiger partial charge in [0.25, 0.3) is 0 Å². The van der Waals surface area contributed by atoms with Gasteiger partial charge >= 0.3 is 0 Å². The second kappa shape index (κ2) is 6.88. The van der Waals surface area contributed by atoms with Crippen molar-refractivity contribution in [2.24, 2.45) is 5.92 Å². The highest BCUT2D eigenvalue weighted by atomic mass is 16.2. The van der Waals surface area contributed by atoms with Crippen LogP contribution in [0.4, 0.5) is 0 Å². The number of fused-ring (bicyclic) bond motifs is 1. The quantitative estimate of drug-likeness (QED) is 0.742. The molecule has 3 N–H and O–H groups in total. The summed E-state index contributed by atoms with van der Waals surface area (Å²) in [6.07, 6.45) is 5.80. The van der Waals surface area contributed by atoms with Crippen LogP contribution in [0, 0.1) is 5.92 Å². The molecule has 0 radical (unpaired) electrons. The molecule has 0 aliphatic carbocycles. The Balaban J connectivity index is 1.75. The molecule has 1 aliphatic heterocycles. The van der Waals surface area contributed by atoms with Crippen molar-refractivity contribution in [3.8, 4) is 0 Å². The largest absolute Gasteiger partial charge is 0.352 e. The molecule has 112 valence electrons. The van der Waals surface area contributed by atoms with Crippen molar-refractivity contribution in [3.05, 3.63) is 17.7 Å². The summed E-state index contributed by atoms with van der Waals surface area (Å²) in [4.78, 5) is 19.6. The molecule has 2 unspecified atom stereocenters. The number of carbonyl (C=O) groups excluding carboxylic acids is 1. The lowest BCUT2D eigenvalue weighted by Gasteiger charge is -2.24. The Kier molecular flexibility index (Phi) is 5.17. The maximum atomic E-state index is 12.2. The van der Waals surface area contributed by atoms with Crippen molar-refractivity contribution >= 4 is 5.91 Å². The minimum atomic E-state index is -0.154. The van der Waals surface area contributed by atoms with Gasteiger partial charge in [0, 0.05) is 19.0 Å². The monoisotopic (exact) mass is 278 g/mol. The van der Waals surface area contributed by atoms with E-state index in [1.54, 1.807) is 6.33 Å². The van der Waals surface area contributed by atoms with Crippen molar-refractivity contribution in [2.75, 3.05) is 0 Å². The molecule has 0 saturated heterocycles. The highest BCUT2D eigenvalue weighted by molar-refractivity contribution is 5.82. The van der Waals surface area contributed by atoms with Gasteiger partial charge in [-0.1, -0.05) is 26.7 Å². The normalized spacial score (nSPS) is 19.7. The lowest BCUT2D eigenvalue weighted by molar-refractivity contribution is -0.124. The van der Waals surface area contributed by atoms with Crippen molar-refractivity contribution in [2.45, 2.75) is 65.1 Å². The SMILES string of the molecule is CC(C)CCCC(C)NC(=O)C1Cc2nc[nH]c2CN1. The van der Waals surface area contributed by atoms with Crippen LogP contribution in [0.2, 0.25) is 0 Å². The summed E-state index contributed by atoms with van der Waals surface area (Å²) >= 11 is 0. The van der Waals surface area contributed by atoms with Gasteiger partial charge in [-0.15, -0.1) is 0 Å². The maximum Gasteiger partial charge on any atom is 0.237 e. The van der Waals surface area contributed by atoms with Gasteiger partial charge in [0.15, 0.2) is 0 Å². The minimum absolute atomic E-state index is 0.0932. The Morgan fingerprint density at radius 3 is 3.00 bits per heavy atom. The fourth-order valence-corrected chi connectivity index (χ4v) is 2.60. The van der Waals surface area contributed by atoms with E-state index in [9.17, 15) is 4.79 Å². The van der Waals surface area contributed by atoms with Gasteiger partial charge in [0.05, 0.1) is 23.8 Å². The van der Waals surface area contributed by atoms with Gasteiger partial charge in [-0.2, -0.15) is 0 Å². The van der Waals surface area contributed by atoms with Gasteiger partial charge in [-0.25, -0.2) is 4.98 Å². The third kappa shape index (κ3) is 4.07. The highest BCUT2D eigenvalue weighted by Gasteiger charge is 2.26. The van der Waals surface area contributed by atoms with Gasteiger partial charge in [0.2, 0.25) is 5.91 Å². The number of carbonyl (C=O) groups is 1. The van der Waals surface area contributed by atoms with Crippen molar-refractivity contribution in [1.29, 1.82) is 0 Å². The molecule has 20 heavy (non-hydrogen) atoms. The molecule has 0 saturated carbocycles. The highest BCUT2D eigenvalue weighted by Crippen LogP contribution is 2.13. The van der Waals surface area contributed by atoms with E-state index < -0.39 is 0 Å². The van der Waals surface area contributed by atoms with Crippen LogP contribution in [0.15, 0.2) is 6.33 Å². The fourth-order valence-electron chi connectivity index (χ4n) is 2.60. The molecule has 1 amide bonds. The van der Waals surface area contributed by atoms with Crippen molar-refractivity contribution in [3.63, 3.8) is 0 Å². The Morgan fingerprint density at radius 2 is 2.25 bits per heavy atom. The summed E-state index contributed by atoms with van der Waals surface area (Å²) in [7, 11) is 0. The first-order chi connectivity index (χ1) is 9.56. The topological polar surface area (TPSA) is 69.8 Å². The number of H-pyrrole nitrogens is 1. The Hall–Kier alpha value is -1.36. The standard InChI is InChI=1S/C15H26N4O/c1-10(2)5-4-6-11(3)19-15(20)13-7-12-14(8-16-13)18-9-17-12/h9-11,13,16H,4-8H2,1-3H3,(H,17,18)(H,19,20). The molecule has 0 fully saturated rings. The summed E-state index contributed by atoms with van der Waals surface area (Å²) in [5.41, 5.74) is 2.11. The average molecular weight is 278 g/mol. The minimum Gasteiger partial charge on any atom is -0.352 e. The smallest absolute Gasteiger partial charge is 0.237 e. The van der Waals surface area contributed by atoms with Gasteiger partial charge < -0.3 is 10.3 Å². The van der Waals surface area contributed by atoms with E-state index in [0.717, 1.165) is 23.7 Å². The maximum absolute atomic E-state index is 12.2. The first-order valence-electron chi connectivity index (χ1n) is 7.61. The molecular formula is C15H26N4O. The first kappa shape index (κ1) is 15.0. The van der Waals surface area contributed by atoms with Crippen molar-refractivity contribution < 1.29 is 4.79 Å². The molecule has 5 heteroatoms. The molecule has 1 aliphatic rings. The van der Waals surface area contributed by atoms with Gasteiger partial charge in [-0.3, -0.25) is 10.1 Å². The number of nitrogens with one attached hydrogen (secondary N) is 3. The molecule has 2 rings (SSSR count). The number of hydrogen-bond acceptors (Lipinski definition) is 3. The summed E-state index contributed by atoms with van der Waals surface area (Å²) in [6, 6.07) is 0.0852. The summed E-state index contributed by atoms with van der Waals surface area (Å²) < 4.78 is 0. The Bertz CT molecular complexity index is 441. The lowest BCUT2D eigenvalue weighted by atomic mass is 10.0. The number of amides is 1. The number of imidazole rings is 1. The van der Waals surface area contributed by atoms with Crippen LogP contribution in [0.1, 0.15) is 51.4 Å². The lowest BCUT2D eigenvalue weighted by Crippen LogP contribution is -2.49. The zero-order valence-corrected chi connectivity index (χ0v) is 12.7. The van der Waals surface area contributed by atoms with E-state index in [1.165, 1.54) is 12.8 Å². The molecule has 0 spiro atoms. The number of aromatic nitrogens is 2. The third-order valence-electron chi connectivity index (χ3n) is 3.85. The van der Waals surface area contributed by atoms with Crippen LogP contribution in [-0.4, -0.2) is 28.0 Å². The predicted molar refractivity (Wildman–Crippen MR) is 79.2 cm³/mol. The van der Waals surface area contributed by atoms with Crippen LogP contribution in [0.3, 0.4) is 0 Å². The van der Waals surface area contributed by atoms with Crippen LogP contribution in [0.5, 0.6) is 0 Å². The molecule has 5 nitrogen and oxygen atoms in total. The molecule has 0 bridgehead atoms. The summed E-state index contributed by atoms with van der Waals surface area (Å²) in [5, 5.41) is 6.36. The van der Waals surface area contributed by atoms with E-state index >= 15 is 0 Å². The van der Waals surface area contributed by atoms with E-state index in [2.05, 4.69) is 41.4 Å². The second-order valence-corrected chi connectivity index (χ2v) is 6.20. The summed E-state index contributed by atoms with van der Waals surface area (Å²) in [5.74, 6) is 0.826. The molecular weight excluding hydrogens is 252 g/mol. The third-order valence-corrected chi connectivity index (χ3v) is 3.85. The Morgan fingerprint density at radius 1 is 1.45 bits per heavy atom. The summed E-state index contributed by atoms with van der Waals surface area (Å²) in [6.45, 7) is 7.24. The van der Waals surface area contributed by atoms with Crippen LogP contribution in [-0.2, 0) is 17.8 Å². The van der Waals surface area contributed by atoms with Crippen LogP contribution >= 0.6 is 0 Å². The number of aromatic amines is 1.